The van der Waals surface area contributed by atoms with E-state index in [1.54, 1.807) is 0 Å². The summed E-state index contributed by atoms with van der Waals surface area (Å²) >= 11 is 0. The predicted octanol–water partition coefficient (Wildman–Crippen LogP) is 6.48. The van der Waals surface area contributed by atoms with Gasteiger partial charge < -0.3 is 10.2 Å². The maximum absolute atomic E-state index is 14.4. The van der Waals surface area contributed by atoms with Gasteiger partial charge in [-0.05, 0) is 72.8 Å². The molecule has 1 saturated heterocycles. The SMILES string of the molecule is C[C@]12CCC(=O)NC1=CC[C@@H]1[C@@H]2CC[C@]2(C)C(C(=O)N(Cc3ccccc3)Cc3ccccc3)CC[C@@H]12. The molecule has 3 aliphatic carbocycles. The van der Waals surface area contributed by atoms with Gasteiger partial charge in [0.15, 0.2) is 0 Å². The zero-order valence-electron chi connectivity index (χ0n) is 22.3. The van der Waals surface area contributed by atoms with Gasteiger partial charge in [-0.15, -0.1) is 0 Å². The van der Waals surface area contributed by atoms with Crippen LogP contribution in [0.2, 0.25) is 0 Å². The van der Waals surface area contributed by atoms with E-state index in [1.807, 2.05) is 12.1 Å². The summed E-state index contributed by atoms with van der Waals surface area (Å²) in [6.45, 7) is 6.12. The summed E-state index contributed by atoms with van der Waals surface area (Å²) in [7, 11) is 0. The number of rotatable bonds is 5. The lowest BCUT2D eigenvalue weighted by atomic mass is 9.49. The van der Waals surface area contributed by atoms with Gasteiger partial charge in [-0.25, -0.2) is 0 Å². The highest BCUT2D eigenvalue weighted by Gasteiger charge is 2.60. The van der Waals surface area contributed by atoms with Crippen molar-refractivity contribution in [3.63, 3.8) is 0 Å². The van der Waals surface area contributed by atoms with Crippen molar-refractivity contribution in [2.24, 2.45) is 34.5 Å². The molecule has 2 aromatic carbocycles. The summed E-state index contributed by atoms with van der Waals surface area (Å²) in [5.41, 5.74) is 3.67. The maximum atomic E-state index is 14.4. The molecule has 2 aromatic rings. The predicted molar refractivity (Wildman–Crippen MR) is 146 cm³/mol. The normalized spacial score (nSPS) is 34.4. The Balaban J connectivity index is 1.26. The number of piperidine rings is 1. The molecule has 0 radical (unpaired) electrons. The number of benzene rings is 2. The Bertz CT molecular complexity index is 1150. The van der Waals surface area contributed by atoms with Crippen molar-refractivity contribution < 1.29 is 9.59 Å². The second-order valence-corrected chi connectivity index (χ2v) is 12.5. The van der Waals surface area contributed by atoms with Crippen molar-refractivity contribution in [1.82, 2.24) is 10.2 Å². The second-order valence-electron chi connectivity index (χ2n) is 12.5. The minimum atomic E-state index is 0.0451. The summed E-state index contributed by atoms with van der Waals surface area (Å²) in [4.78, 5) is 28.6. The first-order valence-corrected chi connectivity index (χ1v) is 14.3. The van der Waals surface area contributed by atoms with Crippen LogP contribution in [0.3, 0.4) is 0 Å². The summed E-state index contributed by atoms with van der Waals surface area (Å²) in [6, 6.07) is 20.8. The van der Waals surface area contributed by atoms with Crippen LogP contribution < -0.4 is 5.32 Å². The van der Waals surface area contributed by atoms with E-state index in [1.165, 1.54) is 16.8 Å². The van der Waals surface area contributed by atoms with Crippen molar-refractivity contribution in [2.75, 3.05) is 0 Å². The average molecular weight is 497 g/mol. The zero-order valence-corrected chi connectivity index (χ0v) is 22.3. The molecule has 4 nitrogen and oxygen atoms in total. The lowest BCUT2D eigenvalue weighted by Gasteiger charge is -2.57. The first kappa shape index (κ1) is 24.5. The lowest BCUT2D eigenvalue weighted by Crippen LogP contribution is -2.54. The van der Waals surface area contributed by atoms with Gasteiger partial charge in [0, 0.05) is 36.5 Å². The van der Waals surface area contributed by atoms with Gasteiger partial charge >= 0.3 is 0 Å². The van der Waals surface area contributed by atoms with E-state index in [-0.39, 0.29) is 22.7 Å². The molecule has 0 spiro atoms. The number of carbonyl (C=O) groups is 2. The highest BCUT2D eigenvalue weighted by atomic mass is 16.2. The molecule has 0 aromatic heterocycles. The highest BCUT2D eigenvalue weighted by Crippen LogP contribution is 2.65. The molecule has 1 aliphatic heterocycles. The van der Waals surface area contributed by atoms with Gasteiger partial charge in [-0.2, -0.15) is 0 Å². The van der Waals surface area contributed by atoms with Gasteiger partial charge in [-0.3, -0.25) is 9.59 Å². The van der Waals surface area contributed by atoms with Gasteiger partial charge in [-0.1, -0.05) is 80.6 Å². The Kier molecular flexibility index (Phi) is 6.25. The van der Waals surface area contributed by atoms with Crippen molar-refractivity contribution in [3.05, 3.63) is 83.6 Å². The number of hydrogen-bond donors (Lipinski definition) is 1. The van der Waals surface area contributed by atoms with Gasteiger partial charge in [0.1, 0.15) is 0 Å². The summed E-state index contributed by atoms with van der Waals surface area (Å²) in [5.74, 6) is 2.37. The third-order valence-corrected chi connectivity index (χ3v) is 10.7. The monoisotopic (exact) mass is 496 g/mol. The number of nitrogens with one attached hydrogen (secondary N) is 1. The summed E-state index contributed by atoms with van der Waals surface area (Å²) < 4.78 is 0. The topological polar surface area (TPSA) is 49.4 Å². The zero-order chi connectivity index (χ0) is 25.6. The molecule has 2 amide bonds. The molecule has 4 aliphatic rings. The molecule has 6 rings (SSSR count). The molecular formula is C33H40N2O2. The van der Waals surface area contributed by atoms with E-state index < -0.39 is 0 Å². The lowest BCUT2D eigenvalue weighted by molar-refractivity contribution is -0.144. The van der Waals surface area contributed by atoms with E-state index in [2.05, 4.69) is 78.7 Å². The number of amides is 2. The third-order valence-electron chi connectivity index (χ3n) is 10.7. The van der Waals surface area contributed by atoms with Crippen LogP contribution in [0.15, 0.2) is 72.4 Å². The van der Waals surface area contributed by atoms with Crippen LogP contribution in [0.5, 0.6) is 0 Å². The minimum Gasteiger partial charge on any atom is -0.334 e. The van der Waals surface area contributed by atoms with Crippen molar-refractivity contribution in [1.29, 1.82) is 0 Å². The molecule has 2 saturated carbocycles. The smallest absolute Gasteiger partial charge is 0.226 e. The molecule has 6 atom stereocenters. The standard InChI is InChI=1S/C33H40N2O2/c1-32-19-17-27-25(13-16-29-33(27,2)20-18-30(36)34-29)26(32)14-15-28(32)31(37)35(21-23-9-5-3-6-10-23)22-24-11-7-4-8-12-24/h3-12,16,25-28H,13-15,17-22H2,1-2H3,(H,34,36)/t25-,26-,27-,28?,32-,33+/m0/s1. The number of nitrogens with zero attached hydrogens (tertiary/aromatic N) is 1. The molecule has 4 heteroatoms. The number of allylic oxidation sites excluding steroid dienone is 2. The molecule has 0 bridgehead atoms. The van der Waals surface area contributed by atoms with Crippen LogP contribution in [0, 0.1) is 34.5 Å². The van der Waals surface area contributed by atoms with Gasteiger partial charge in [0.2, 0.25) is 11.8 Å². The fraction of sp³-hybridized carbons (Fsp3) is 0.515. The van der Waals surface area contributed by atoms with Crippen LogP contribution >= 0.6 is 0 Å². The van der Waals surface area contributed by atoms with E-state index >= 15 is 0 Å². The summed E-state index contributed by atoms with van der Waals surface area (Å²) in [5, 5.41) is 3.21. The van der Waals surface area contributed by atoms with Crippen LogP contribution in [-0.2, 0) is 22.7 Å². The third kappa shape index (κ3) is 4.23. The largest absolute Gasteiger partial charge is 0.334 e. The molecule has 1 heterocycles. The van der Waals surface area contributed by atoms with Crippen LogP contribution in [-0.4, -0.2) is 16.7 Å². The molecular weight excluding hydrogens is 456 g/mol. The molecule has 1 unspecified atom stereocenters. The van der Waals surface area contributed by atoms with Crippen LogP contribution in [0.1, 0.15) is 69.9 Å². The van der Waals surface area contributed by atoms with Crippen molar-refractivity contribution in [2.45, 2.75) is 71.9 Å². The first-order chi connectivity index (χ1) is 17.9. The Morgan fingerprint density at radius 1 is 0.892 bits per heavy atom. The number of carbonyl (C=O) groups excluding carboxylic acids is 2. The highest BCUT2D eigenvalue weighted by molar-refractivity contribution is 5.80. The minimum absolute atomic E-state index is 0.0451. The van der Waals surface area contributed by atoms with Gasteiger partial charge in [0.05, 0.1) is 0 Å². The van der Waals surface area contributed by atoms with Crippen LogP contribution in [0.25, 0.3) is 0 Å². The quantitative estimate of drug-likeness (QED) is 0.515. The number of fused-ring (bicyclic) bond motifs is 5. The van der Waals surface area contributed by atoms with E-state index in [0.29, 0.717) is 43.2 Å². The average Bonchev–Trinajstić information content (AvgIpc) is 3.27. The van der Waals surface area contributed by atoms with E-state index in [0.717, 1.165) is 38.5 Å². The Hall–Kier alpha value is -2.88. The molecule has 3 fully saturated rings. The maximum Gasteiger partial charge on any atom is 0.226 e. The fourth-order valence-electron chi connectivity index (χ4n) is 8.64. The van der Waals surface area contributed by atoms with Gasteiger partial charge in [0.25, 0.3) is 0 Å². The Morgan fingerprint density at radius 3 is 2.19 bits per heavy atom. The first-order valence-electron chi connectivity index (χ1n) is 14.3. The second kappa shape index (κ2) is 9.45. The fourth-order valence-corrected chi connectivity index (χ4v) is 8.64. The van der Waals surface area contributed by atoms with E-state index in [4.69, 9.17) is 0 Å². The summed E-state index contributed by atoms with van der Waals surface area (Å²) in [6.07, 6.45) is 9.36. The van der Waals surface area contributed by atoms with Crippen LogP contribution in [0.4, 0.5) is 0 Å². The van der Waals surface area contributed by atoms with Crippen molar-refractivity contribution >= 4 is 11.8 Å². The number of hydrogen-bond acceptors (Lipinski definition) is 2. The van der Waals surface area contributed by atoms with E-state index in [9.17, 15) is 9.59 Å². The molecule has 1 N–H and O–H groups in total. The van der Waals surface area contributed by atoms with Crippen molar-refractivity contribution in [3.8, 4) is 0 Å². The Labute approximate surface area is 221 Å². The Morgan fingerprint density at radius 2 is 1.54 bits per heavy atom. The molecule has 37 heavy (non-hydrogen) atoms. The molecule has 194 valence electrons.